The minimum Gasteiger partial charge on any atom is -0.445 e. The summed E-state index contributed by atoms with van der Waals surface area (Å²) in [4.78, 5) is 18.4. The molecule has 0 N–H and O–H groups in total. The number of hydrogen-bond donors (Lipinski definition) is 0. The zero-order valence-corrected chi connectivity index (χ0v) is 13.8. The van der Waals surface area contributed by atoms with Gasteiger partial charge < -0.3 is 9.64 Å². The Balaban J connectivity index is 1.68. The number of ether oxygens (including phenoxy) is 1. The second-order valence-corrected chi connectivity index (χ2v) is 6.13. The number of likely N-dealkylation sites (tertiary alicyclic amines) is 1. The Kier molecular flexibility index (Phi) is 4.82. The van der Waals surface area contributed by atoms with E-state index in [0.29, 0.717) is 18.3 Å². The summed E-state index contributed by atoms with van der Waals surface area (Å²) in [7, 11) is 0. The van der Waals surface area contributed by atoms with Crippen molar-refractivity contribution in [1.82, 2.24) is 9.88 Å². The van der Waals surface area contributed by atoms with Gasteiger partial charge in [-0.3, -0.25) is 0 Å². The summed E-state index contributed by atoms with van der Waals surface area (Å²) < 4.78 is 5.46. The Morgan fingerprint density at radius 3 is 2.91 bits per heavy atom. The van der Waals surface area contributed by atoms with Crippen molar-refractivity contribution in [2.24, 2.45) is 0 Å². The fraction of sp³-hybridized carbons (Fsp3) is 0.333. The molecule has 3 rings (SSSR count). The summed E-state index contributed by atoms with van der Waals surface area (Å²) in [6.45, 7) is 2.92. The molecule has 2 heterocycles. The average Bonchev–Trinajstić information content (AvgIpc) is 3.06. The van der Waals surface area contributed by atoms with Gasteiger partial charge in [0.15, 0.2) is 0 Å². The van der Waals surface area contributed by atoms with E-state index in [4.69, 9.17) is 16.3 Å². The molecule has 0 bridgehead atoms. The minimum absolute atomic E-state index is 0.0155. The predicted octanol–water partition coefficient (Wildman–Crippen LogP) is 4.52. The van der Waals surface area contributed by atoms with Crippen LogP contribution < -0.4 is 0 Å². The Morgan fingerprint density at radius 1 is 1.39 bits per heavy atom. The first-order chi connectivity index (χ1) is 11.1. The lowest BCUT2D eigenvalue weighted by molar-refractivity contribution is 0.0920. The van der Waals surface area contributed by atoms with Crippen molar-refractivity contribution in [2.75, 3.05) is 6.54 Å². The zero-order valence-electron chi connectivity index (χ0n) is 13.0. The number of pyridine rings is 1. The third kappa shape index (κ3) is 3.64. The lowest BCUT2D eigenvalue weighted by Gasteiger charge is -2.24. The fourth-order valence-corrected chi connectivity index (χ4v) is 3.00. The second-order valence-electron chi connectivity index (χ2n) is 5.77. The molecular formula is C18H19ClN2O2. The molecule has 1 fully saturated rings. The molecule has 1 atom stereocenters. The summed E-state index contributed by atoms with van der Waals surface area (Å²) >= 11 is 5.99. The summed E-state index contributed by atoms with van der Waals surface area (Å²) in [5.41, 5.74) is 2.93. The number of halogens is 1. The van der Waals surface area contributed by atoms with Crippen LogP contribution in [-0.2, 0) is 11.3 Å². The van der Waals surface area contributed by atoms with Crippen LogP contribution in [0.4, 0.5) is 4.79 Å². The van der Waals surface area contributed by atoms with Crippen molar-refractivity contribution in [3.05, 3.63) is 64.4 Å². The largest absolute Gasteiger partial charge is 0.445 e. The van der Waals surface area contributed by atoms with E-state index in [-0.39, 0.29) is 12.1 Å². The Labute approximate surface area is 141 Å². The SMILES string of the molecule is Cc1cc(C2CCCN2C(=O)OCc2ccccc2)cnc1Cl. The number of rotatable bonds is 3. The average molecular weight is 331 g/mol. The van der Waals surface area contributed by atoms with Gasteiger partial charge in [0.05, 0.1) is 6.04 Å². The van der Waals surface area contributed by atoms with Crippen molar-refractivity contribution in [1.29, 1.82) is 0 Å². The molecule has 1 aromatic heterocycles. The molecule has 5 heteroatoms. The summed E-state index contributed by atoms with van der Waals surface area (Å²) in [6.07, 6.45) is 3.36. The Bertz CT molecular complexity index is 691. The van der Waals surface area contributed by atoms with Crippen molar-refractivity contribution >= 4 is 17.7 Å². The molecule has 0 radical (unpaired) electrons. The minimum atomic E-state index is -0.274. The molecule has 1 aliphatic rings. The normalized spacial score (nSPS) is 17.3. The quantitative estimate of drug-likeness (QED) is 0.777. The number of aryl methyl sites for hydroxylation is 1. The first-order valence-electron chi connectivity index (χ1n) is 7.74. The number of amides is 1. The third-order valence-corrected chi connectivity index (χ3v) is 4.51. The summed E-state index contributed by atoms with van der Waals surface area (Å²) in [5.74, 6) is 0. The first-order valence-corrected chi connectivity index (χ1v) is 8.12. The van der Waals surface area contributed by atoms with Crippen molar-refractivity contribution in [3.63, 3.8) is 0 Å². The van der Waals surface area contributed by atoms with E-state index < -0.39 is 0 Å². The van der Waals surface area contributed by atoms with E-state index in [1.807, 2.05) is 43.3 Å². The van der Waals surface area contributed by atoms with Crippen LogP contribution in [0.2, 0.25) is 5.15 Å². The van der Waals surface area contributed by atoms with Gasteiger partial charge in [-0.15, -0.1) is 0 Å². The maximum atomic E-state index is 12.4. The molecule has 4 nitrogen and oxygen atoms in total. The topological polar surface area (TPSA) is 42.4 Å². The molecule has 1 unspecified atom stereocenters. The number of benzene rings is 1. The summed E-state index contributed by atoms with van der Waals surface area (Å²) in [5, 5.41) is 0.505. The van der Waals surface area contributed by atoms with Crippen LogP contribution in [0.3, 0.4) is 0 Å². The second kappa shape index (κ2) is 7.01. The predicted molar refractivity (Wildman–Crippen MR) is 89.3 cm³/mol. The molecular weight excluding hydrogens is 312 g/mol. The molecule has 120 valence electrons. The van der Waals surface area contributed by atoms with Crippen LogP contribution >= 0.6 is 11.6 Å². The molecule has 1 aromatic carbocycles. The summed E-state index contributed by atoms with van der Waals surface area (Å²) in [6, 6.07) is 11.7. The van der Waals surface area contributed by atoms with E-state index >= 15 is 0 Å². The molecule has 0 aliphatic carbocycles. The highest BCUT2D eigenvalue weighted by Gasteiger charge is 2.31. The van der Waals surface area contributed by atoms with Gasteiger partial charge in [-0.1, -0.05) is 41.9 Å². The highest BCUT2D eigenvalue weighted by molar-refractivity contribution is 6.30. The lowest BCUT2D eigenvalue weighted by atomic mass is 10.1. The van der Waals surface area contributed by atoms with Gasteiger partial charge in [0.25, 0.3) is 0 Å². The van der Waals surface area contributed by atoms with Gasteiger partial charge in [0.1, 0.15) is 11.8 Å². The zero-order chi connectivity index (χ0) is 16.2. The molecule has 0 spiro atoms. The highest BCUT2D eigenvalue weighted by Crippen LogP contribution is 2.33. The van der Waals surface area contributed by atoms with E-state index in [9.17, 15) is 4.79 Å². The van der Waals surface area contributed by atoms with E-state index in [2.05, 4.69) is 4.98 Å². The smallest absolute Gasteiger partial charge is 0.410 e. The van der Waals surface area contributed by atoms with Crippen LogP contribution in [0, 0.1) is 6.92 Å². The van der Waals surface area contributed by atoms with Crippen molar-refractivity contribution < 1.29 is 9.53 Å². The number of nitrogens with zero attached hydrogens (tertiary/aromatic N) is 2. The maximum Gasteiger partial charge on any atom is 0.410 e. The van der Waals surface area contributed by atoms with Crippen LogP contribution in [0.15, 0.2) is 42.6 Å². The van der Waals surface area contributed by atoms with Crippen LogP contribution in [0.1, 0.15) is 35.6 Å². The molecule has 0 saturated carbocycles. The molecule has 23 heavy (non-hydrogen) atoms. The van der Waals surface area contributed by atoms with Crippen molar-refractivity contribution in [2.45, 2.75) is 32.4 Å². The monoisotopic (exact) mass is 330 g/mol. The highest BCUT2D eigenvalue weighted by atomic mass is 35.5. The van der Waals surface area contributed by atoms with Gasteiger partial charge in [0.2, 0.25) is 0 Å². The third-order valence-electron chi connectivity index (χ3n) is 4.11. The Morgan fingerprint density at radius 2 is 2.17 bits per heavy atom. The maximum absolute atomic E-state index is 12.4. The van der Waals surface area contributed by atoms with E-state index in [0.717, 1.165) is 29.5 Å². The van der Waals surface area contributed by atoms with Gasteiger partial charge >= 0.3 is 6.09 Å². The number of aromatic nitrogens is 1. The molecule has 2 aromatic rings. The lowest BCUT2D eigenvalue weighted by Crippen LogP contribution is -2.31. The molecule has 1 amide bonds. The molecule has 1 aliphatic heterocycles. The van der Waals surface area contributed by atoms with Crippen LogP contribution in [0.5, 0.6) is 0 Å². The Hall–Kier alpha value is -2.07. The van der Waals surface area contributed by atoms with E-state index in [1.165, 1.54) is 0 Å². The van der Waals surface area contributed by atoms with Crippen molar-refractivity contribution in [3.8, 4) is 0 Å². The number of hydrogen-bond acceptors (Lipinski definition) is 3. The fourth-order valence-electron chi connectivity index (χ4n) is 2.90. The molecule has 1 saturated heterocycles. The van der Waals surface area contributed by atoms with E-state index in [1.54, 1.807) is 11.1 Å². The van der Waals surface area contributed by atoms with Gasteiger partial charge in [-0.25, -0.2) is 9.78 Å². The van der Waals surface area contributed by atoms with Gasteiger partial charge in [0, 0.05) is 12.7 Å². The number of carbonyl (C=O) groups excluding carboxylic acids is 1. The van der Waals surface area contributed by atoms with Gasteiger partial charge in [-0.2, -0.15) is 0 Å². The number of carbonyl (C=O) groups is 1. The van der Waals surface area contributed by atoms with Gasteiger partial charge in [-0.05, 0) is 42.5 Å². The van der Waals surface area contributed by atoms with Crippen LogP contribution in [0.25, 0.3) is 0 Å². The van der Waals surface area contributed by atoms with Crippen LogP contribution in [-0.4, -0.2) is 22.5 Å². The standard InChI is InChI=1S/C18H19ClN2O2/c1-13-10-15(11-20-17(13)19)16-8-5-9-21(16)18(22)23-12-14-6-3-2-4-7-14/h2-4,6-7,10-11,16H,5,8-9,12H2,1H3. The first kappa shape index (κ1) is 15.8.